The molecule has 0 aliphatic rings. The molecule has 21 heavy (non-hydrogen) atoms. The number of hydrogen-bond acceptors (Lipinski definition) is 5. The van der Waals surface area contributed by atoms with Crippen LogP contribution in [0, 0.1) is 0 Å². The smallest absolute Gasteiger partial charge is 0.175 e. The standard InChI is InChI=1S/C14H22BrNO4S/c1-4-20-14-12(15)8-11(9-13(14)19-2)10-16-6-5-7-21(3,17)18/h8-9,16H,4-7,10H2,1-3H3. The Morgan fingerprint density at radius 1 is 1.33 bits per heavy atom. The van der Waals surface area contributed by atoms with Crippen molar-refractivity contribution in [3.8, 4) is 11.5 Å². The highest BCUT2D eigenvalue weighted by Gasteiger charge is 2.11. The van der Waals surface area contributed by atoms with Gasteiger partial charge in [0.1, 0.15) is 9.84 Å². The van der Waals surface area contributed by atoms with Crippen molar-refractivity contribution >= 4 is 25.8 Å². The van der Waals surface area contributed by atoms with Crippen molar-refractivity contribution in [1.82, 2.24) is 5.32 Å². The second-order valence-corrected chi connectivity index (χ2v) is 7.82. The first-order valence-corrected chi connectivity index (χ1v) is 9.60. The summed E-state index contributed by atoms with van der Waals surface area (Å²) in [6.07, 6.45) is 1.86. The number of hydrogen-bond donors (Lipinski definition) is 1. The first kappa shape index (κ1) is 18.3. The molecular formula is C14H22BrNO4S. The van der Waals surface area contributed by atoms with Gasteiger partial charge in [-0.1, -0.05) is 0 Å². The summed E-state index contributed by atoms with van der Waals surface area (Å²) in [4.78, 5) is 0. The van der Waals surface area contributed by atoms with Crippen LogP contribution in [0.4, 0.5) is 0 Å². The van der Waals surface area contributed by atoms with Crippen molar-refractivity contribution in [2.45, 2.75) is 19.9 Å². The third-order valence-electron chi connectivity index (χ3n) is 2.78. The highest BCUT2D eigenvalue weighted by Crippen LogP contribution is 2.36. The minimum Gasteiger partial charge on any atom is -0.493 e. The summed E-state index contributed by atoms with van der Waals surface area (Å²) in [5, 5.41) is 3.22. The first-order valence-electron chi connectivity index (χ1n) is 6.75. The highest BCUT2D eigenvalue weighted by molar-refractivity contribution is 9.10. The Bertz CT molecular complexity index is 560. The van der Waals surface area contributed by atoms with E-state index in [0.29, 0.717) is 37.6 Å². The van der Waals surface area contributed by atoms with Crippen molar-refractivity contribution < 1.29 is 17.9 Å². The van der Waals surface area contributed by atoms with E-state index >= 15 is 0 Å². The summed E-state index contributed by atoms with van der Waals surface area (Å²) in [6, 6.07) is 3.89. The van der Waals surface area contributed by atoms with Crippen LogP contribution in [0.3, 0.4) is 0 Å². The van der Waals surface area contributed by atoms with E-state index in [1.54, 1.807) is 7.11 Å². The normalized spacial score (nSPS) is 11.4. The lowest BCUT2D eigenvalue weighted by Crippen LogP contribution is -2.18. The lowest BCUT2D eigenvalue weighted by atomic mass is 10.2. The maximum absolute atomic E-state index is 11.0. The Morgan fingerprint density at radius 3 is 2.62 bits per heavy atom. The molecule has 1 aromatic rings. The van der Waals surface area contributed by atoms with E-state index in [2.05, 4.69) is 21.2 Å². The van der Waals surface area contributed by atoms with Gasteiger partial charge in [-0.3, -0.25) is 0 Å². The van der Waals surface area contributed by atoms with Crippen LogP contribution in [0.5, 0.6) is 11.5 Å². The van der Waals surface area contributed by atoms with E-state index < -0.39 is 9.84 Å². The van der Waals surface area contributed by atoms with Crippen LogP contribution in [-0.2, 0) is 16.4 Å². The number of ether oxygens (including phenoxy) is 2. The molecule has 0 atom stereocenters. The van der Waals surface area contributed by atoms with E-state index in [4.69, 9.17) is 9.47 Å². The average Bonchev–Trinajstić information content (AvgIpc) is 2.39. The Morgan fingerprint density at radius 2 is 2.05 bits per heavy atom. The SMILES string of the molecule is CCOc1c(Br)cc(CNCCCS(C)(=O)=O)cc1OC. The highest BCUT2D eigenvalue weighted by atomic mass is 79.9. The molecule has 0 aromatic heterocycles. The second-order valence-electron chi connectivity index (χ2n) is 4.70. The maximum Gasteiger partial charge on any atom is 0.175 e. The lowest BCUT2D eigenvalue weighted by Gasteiger charge is -2.13. The Kier molecular flexibility index (Phi) is 7.48. The van der Waals surface area contributed by atoms with Crippen molar-refractivity contribution in [2.24, 2.45) is 0 Å². The molecular weight excluding hydrogens is 358 g/mol. The largest absolute Gasteiger partial charge is 0.493 e. The molecule has 0 spiro atoms. The topological polar surface area (TPSA) is 64.6 Å². The molecule has 120 valence electrons. The zero-order valence-corrected chi connectivity index (χ0v) is 15.0. The lowest BCUT2D eigenvalue weighted by molar-refractivity contribution is 0.308. The van der Waals surface area contributed by atoms with Gasteiger partial charge in [-0.2, -0.15) is 0 Å². The predicted octanol–water partition coefficient (Wildman–Crippen LogP) is 2.38. The summed E-state index contributed by atoms with van der Waals surface area (Å²) in [7, 11) is -1.28. The molecule has 0 amide bonds. The van der Waals surface area contributed by atoms with Gasteiger partial charge in [-0.05, 0) is 53.5 Å². The van der Waals surface area contributed by atoms with Gasteiger partial charge >= 0.3 is 0 Å². The van der Waals surface area contributed by atoms with E-state index in [0.717, 1.165) is 10.0 Å². The zero-order valence-electron chi connectivity index (χ0n) is 12.6. The van der Waals surface area contributed by atoms with Gasteiger partial charge in [0.05, 0.1) is 23.9 Å². The van der Waals surface area contributed by atoms with Crippen LogP contribution in [0.15, 0.2) is 16.6 Å². The zero-order chi connectivity index (χ0) is 15.9. The van der Waals surface area contributed by atoms with Gasteiger partial charge in [-0.15, -0.1) is 0 Å². The minimum atomic E-state index is -2.88. The summed E-state index contributed by atoms with van der Waals surface area (Å²) in [5.41, 5.74) is 1.04. The Balaban J connectivity index is 2.58. The quantitative estimate of drug-likeness (QED) is 0.667. The molecule has 0 aliphatic heterocycles. The molecule has 5 nitrogen and oxygen atoms in total. The number of nitrogens with one attached hydrogen (secondary N) is 1. The summed E-state index contributed by atoms with van der Waals surface area (Å²) < 4.78 is 33.8. The third kappa shape index (κ3) is 6.67. The van der Waals surface area contributed by atoms with Crippen LogP contribution in [0.25, 0.3) is 0 Å². The Labute approximate surface area is 135 Å². The molecule has 0 saturated carbocycles. The molecule has 0 heterocycles. The van der Waals surface area contributed by atoms with Gasteiger partial charge in [0, 0.05) is 12.8 Å². The molecule has 0 saturated heterocycles. The predicted molar refractivity (Wildman–Crippen MR) is 87.9 cm³/mol. The monoisotopic (exact) mass is 379 g/mol. The molecule has 7 heteroatoms. The van der Waals surface area contributed by atoms with Crippen molar-refractivity contribution in [1.29, 1.82) is 0 Å². The molecule has 1 aromatic carbocycles. The fourth-order valence-electron chi connectivity index (χ4n) is 1.85. The van der Waals surface area contributed by atoms with Crippen LogP contribution >= 0.6 is 15.9 Å². The summed E-state index contributed by atoms with van der Waals surface area (Å²) in [6.45, 7) is 3.78. The van der Waals surface area contributed by atoms with Crippen molar-refractivity contribution in [3.05, 3.63) is 22.2 Å². The van der Waals surface area contributed by atoms with Crippen LogP contribution < -0.4 is 14.8 Å². The van der Waals surface area contributed by atoms with Gasteiger partial charge in [0.15, 0.2) is 11.5 Å². The molecule has 1 rings (SSSR count). The molecule has 0 aliphatic carbocycles. The molecule has 1 N–H and O–H groups in total. The molecule has 0 bridgehead atoms. The number of benzene rings is 1. The summed E-state index contributed by atoms with van der Waals surface area (Å²) >= 11 is 3.48. The summed E-state index contributed by atoms with van der Waals surface area (Å²) in [5.74, 6) is 1.58. The van der Waals surface area contributed by atoms with Gasteiger partial charge < -0.3 is 14.8 Å². The van der Waals surface area contributed by atoms with Crippen LogP contribution in [0.1, 0.15) is 18.9 Å². The van der Waals surface area contributed by atoms with E-state index in [9.17, 15) is 8.42 Å². The number of methoxy groups -OCH3 is 1. The maximum atomic E-state index is 11.0. The fourth-order valence-corrected chi connectivity index (χ4v) is 3.12. The number of halogens is 1. The molecule has 0 radical (unpaired) electrons. The number of sulfone groups is 1. The molecule has 0 fully saturated rings. The number of rotatable bonds is 9. The van der Waals surface area contributed by atoms with Crippen molar-refractivity contribution in [3.63, 3.8) is 0 Å². The Hall–Kier alpha value is -0.790. The minimum absolute atomic E-state index is 0.205. The van der Waals surface area contributed by atoms with E-state index in [1.807, 2.05) is 19.1 Å². The molecule has 0 unspecified atom stereocenters. The van der Waals surface area contributed by atoms with Crippen molar-refractivity contribution in [2.75, 3.05) is 32.3 Å². The third-order valence-corrected chi connectivity index (χ3v) is 4.40. The first-order chi connectivity index (χ1) is 9.87. The van der Waals surface area contributed by atoms with Crippen LogP contribution in [-0.4, -0.2) is 40.7 Å². The second kappa shape index (κ2) is 8.60. The fraction of sp³-hybridized carbons (Fsp3) is 0.571. The van der Waals surface area contributed by atoms with Gasteiger partial charge in [-0.25, -0.2) is 8.42 Å². The van der Waals surface area contributed by atoms with E-state index in [1.165, 1.54) is 6.26 Å². The van der Waals surface area contributed by atoms with E-state index in [-0.39, 0.29) is 5.75 Å². The van der Waals surface area contributed by atoms with Gasteiger partial charge in [0.25, 0.3) is 0 Å². The van der Waals surface area contributed by atoms with Gasteiger partial charge in [0.2, 0.25) is 0 Å². The van der Waals surface area contributed by atoms with Crippen LogP contribution in [0.2, 0.25) is 0 Å². The average molecular weight is 380 g/mol.